The Balaban J connectivity index is 1.91. The first-order valence-corrected chi connectivity index (χ1v) is 10.4. The molecule has 27 heavy (non-hydrogen) atoms. The van der Waals surface area contributed by atoms with Crippen LogP contribution in [0.15, 0.2) is 30.5 Å². The molecule has 3 atom stereocenters. The lowest BCUT2D eigenvalue weighted by Crippen LogP contribution is -2.55. The third-order valence-electron chi connectivity index (χ3n) is 4.51. The summed E-state index contributed by atoms with van der Waals surface area (Å²) >= 11 is 2.45. The van der Waals surface area contributed by atoms with Crippen LogP contribution < -0.4 is 10.2 Å². The number of nitriles is 1. The first-order valence-electron chi connectivity index (χ1n) is 8.74. The summed E-state index contributed by atoms with van der Waals surface area (Å²) in [6.45, 7) is 1.95. The lowest BCUT2D eigenvalue weighted by atomic mass is 10.0. The number of aromatic nitrogens is 1. The molecule has 1 N–H and O–H groups in total. The van der Waals surface area contributed by atoms with Gasteiger partial charge in [0, 0.05) is 36.4 Å². The molecule has 2 aromatic rings. The number of hydrogen-bond donors (Lipinski definition) is 1. The van der Waals surface area contributed by atoms with Crippen LogP contribution in [0.25, 0.3) is 10.9 Å². The first kappa shape index (κ1) is 20.2. The van der Waals surface area contributed by atoms with Crippen molar-refractivity contribution >= 4 is 54.3 Å². The third-order valence-corrected chi connectivity index (χ3v) is 5.71. The predicted octanol–water partition coefficient (Wildman–Crippen LogP) is 2.37. The number of amides is 1. The maximum absolute atomic E-state index is 12.2. The van der Waals surface area contributed by atoms with Gasteiger partial charge in [-0.1, -0.05) is 22.6 Å². The van der Waals surface area contributed by atoms with Gasteiger partial charge in [0.25, 0.3) is 0 Å². The molecular weight excluding hydrogens is 472 g/mol. The smallest absolute Gasteiger partial charge is 0.234 e. The number of carbonyl (C=O) groups is 1. The molecule has 0 saturated carbocycles. The molecule has 0 aliphatic carbocycles. The Morgan fingerprint density at radius 3 is 3.00 bits per heavy atom. The molecule has 0 spiro atoms. The number of fused-ring (bicyclic) bond motifs is 1. The van der Waals surface area contributed by atoms with E-state index in [2.05, 4.69) is 53.1 Å². The van der Waals surface area contributed by atoms with E-state index in [1.165, 1.54) is 0 Å². The number of pyridine rings is 1. The molecule has 3 rings (SSSR count). The molecule has 1 aliphatic rings. The molecule has 0 radical (unpaired) electrons. The summed E-state index contributed by atoms with van der Waals surface area (Å²) in [5.41, 5.74) is 2.35. The molecule has 3 unspecified atom stereocenters. The van der Waals surface area contributed by atoms with Crippen molar-refractivity contribution in [1.82, 2.24) is 15.2 Å². The van der Waals surface area contributed by atoms with Crippen molar-refractivity contribution in [2.75, 3.05) is 38.6 Å². The Morgan fingerprint density at radius 2 is 2.30 bits per heavy atom. The molecule has 1 amide bonds. The summed E-state index contributed by atoms with van der Waals surface area (Å²) in [7, 11) is 6.71. The highest BCUT2D eigenvalue weighted by atomic mass is 127. The highest BCUT2D eigenvalue weighted by Crippen LogP contribution is 2.40. The molecule has 142 valence electrons. The van der Waals surface area contributed by atoms with Crippen LogP contribution in [0, 0.1) is 11.3 Å². The van der Waals surface area contributed by atoms with Crippen molar-refractivity contribution in [3.05, 3.63) is 36.0 Å². The van der Waals surface area contributed by atoms with Gasteiger partial charge in [-0.15, -0.1) is 9.24 Å². The number of likely N-dealkylation sites (N-methyl/N-ethyl adjacent to an activating group) is 1. The van der Waals surface area contributed by atoms with Crippen molar-refractivity contribution in [3.8, 4) is 6.07 Å². The number of hydrogen-bond acceptors (Lipinski definition) is 5. The summed E-state index contributed by atoms with van der Waals surface area (Å²) in [6, 6.07) is 10.00. The highest BCUT2D eigenvalue weighted by Gasteiger charge is 2.35. The third kappa shape index (κ3) is 4.87. The van der Waals surface area contributed by atoms with E-state index in [0.29, 0.717) is 12.1 Å². The summed E-state index contributed by atoms with van der Waals surface area (Å²) in [6.07, 6.45) is 2.60. The van der Waals surface area contributed by atoms with Crippen LogP contribution in [-0.4, -0.2) is 58.7 Å². The molecule has 2 heterocycles. The fourth-order valence-corrected chi connectivity index (χ4v) is 5.00. The van der Waals surface area contributed by atoms with Crippen LogP contribution in [0.5, 0.6) is 0 Å². The minimum Gasteiger partial charge on any atom is -0.367 e. The average Bonchev–Trinajstić information content (AvgIpc) is 2.58. The predicted molar refractivity (Wildman–Crippen MR) is 120 cm³/mol. The number of nitrogens with zero attached hydrogens (tertiary/aromatic N) is 4. The zero-order valence-corrected chi connectivity index (χ0v) is 18.8. The van der Waals surface area contributed by atoms with Gasteiger partial charge < -0.3 is 15.1 Å². The van der Waals surface area contributed by atoms with Gasteiger partial charge in [-0.25, -0.2) is 0 Å². The zero-order chi connectivity index (χ0) is 19.6. The highest BCUT2D eigenvalue weighted by molar-refractivity contribution is 14.1. The molecular formula is C19H23IN5OP. The Labute approximate surface area is 175 Å². The molecule has 1 fully saturated rings. The van der Waals surface area contributed by atoms with Crippen molar-refractivity contribution < 1.29 is 4.79 Å². The molecule has 1 aliphatic heterocycles. The van der Waals surface area contributed by atoms with Gasteiger partial charge in [0.05, 0.1) is 20.8 Å². The number of carbonyl (C=O) groups excluding carboxylic acids is 1. The minimum absolute atomic E-state index is 0.0374. The van der Waals surface area contributed by atoms with E-state index < -0.39 is 0 Å². The molecule has 1 aromatic carbocycles. The van der Waals surface area contributed by atoms with Crippen LogP contribution in [-0.2, 0) is 4.79 Å². The number of halogens is 1. The number of anilines is 1. The number of benzene rings is 1. The van der Waals surface area contributed by atoms with Gasteiger partial charge in [0.15, 0.2) is 0 Å². The Hall–Kier alpha value is -1.49. The van der Waals surface area contributed by atoms with Gasteiger partial charge in [0.1, 0.15) is 6.07 Å². The number of piperidine rings is 1. The molecule has 6 nitrogen and oxygen atoms in total. The van der Waals surface area contributed by atoms with Crippen LogP contribution >= 0.6 is 31.8 Å². The van der Waals surface area contributed by atoms with E-state index in [9.17, 15) is 10.1 Å². The Bertz CT molecular complexity index is 895. The Kier molecular flexibility index (Phi) is 6.19. The maximum atomic E-state index is 12.2. The SMILES string of the molecule is CN(C)CC(=O)NC1CN(c2ccc(C#N)c3ncccc23)CC(P)(I)C1. The first-order chi connectivity index (χ1) is 12.8. The minimum atomic E-state index is -0.0471. The van der Waals surface area contributed by atoms with Gasteiger partial charge >= 0.3 is 0 Å². The van der Waals surface area contributed by atoms with E-state index in [1.807, 2.05) is 43.3 Å². The van der Waals surface area contributed by atoms with Crippen molar-refractivity contribution in [3.63, 3.8) is 0 Å². The second-order valence-electron chi connectivity index (χ2n) is 7.27. The monoisotopic (exact) mass is 495 g/mol. The molecule has 1 aromatic heterocycles. The van der Waals surface area contributed by atoms with E-state index in [-0.39, 0.29) is 15.1 Å². The topological polar surface area (TPSA) is 72.3 Å². The van der Waals surface area contributed by atoms with Gasteiger partial charge in [0.2, 0.25) is 5.91 Å². The van der Waals surface area contributed by atoms with Gasteiger partial charge in [-0.3, -0.25) is 9.78 Å². The molecule has 0 bridgehead atoms. The largest absolute Gasteiger partial charge is 0.367 e. The van der Waals surface area contributed by atoms with E-state index in [0.717, 1.165) is 36.1 Å². The number of nitrogens with one attached hydrogen (secondary N) is 1. The van der Waals surface area contributed by atoms with Crippen LogP contribution in [0.4, 0.5) is 5.69 Å². The molecule has 1 saturated heterocycles. The maximum Gasteiger partial charge on any atom is 0.234 e. The van der Waals surface area contributed by atoms with E-state index >= 15 is 0 Å². The van der Waals surface area contributed by atoms with Crippen LogP contribution in [0.3, 0.4) is 0 Å². The average molecular weight is 495 g/mol. The second kappa shape index (κ2) is 8.26. The number of rotatable bonds is 4. The fourth-order valence-electron chi connectivity index (χ4n) is 3.55. The normalized spacial score (nSPS) is 22.7. The fraction of sp³-hybridized carbons (Fsp3) is 0.421. The molecule has 8 heteroatoms. The van der Waals surface area contributed by atoms with Crippen LogP contribution in [0.2, 0.25) is 0 Å². The van der Waals surface area contributed by atoms with Gasteiger partial charge in [-0.05, 0) is 44.8 Å². The van der Waals surface area contributed by atoms with E-state index in [1.54, 1.807) is 6.20 Å². The van der Waals surface area contributed by atoms with Crippen molar-refractivity contribution in [1.29, 1.82) is 5.26 Å². The second-order valence-corrected chi connectivity index (χ2v) is 11.7. The summed E-state index contributed by atoms with van der Waals surface area (Å²) in [5.74, 6) is 0.0374. The van der Waals surface area contributed by atoms with Crippen molar-refractivity contribution in [2.24, 2.45) is 0 Å². The lowest BCUT2D eigenvalue weighted by Gasteiger charge is -2.43. The van der Waals surface area contributed by atoms with Gasteiger partial charge in [-0.2, -0.15) is 5.26 Å². The standard InChI is InChI=1S/C19H23IN5OP/c1-24(2)11-17(26)23-14-8-19(20,27)12-25(10-14)16-6-5-13(9-21)18-15(16)4-3-7-22-18/h3-7,14H,8,10-12,27H2,1-2H3,(H,23,26). The zero-order valence-electron chi connectivity index (χ0n) is 15.4. The number of alkyl halides is 1. The summed E-state index contributed by atoms with van der Waals surface area (Å²) < 4.78 is -0.0471. The quantitative estimate of drug-likeness (QED) is 0.401. The van der Waals surface area contributed by atoms with Crippen molar-refractivity contribution in [2.45, 2.75) is 15.6 Å². The summed E-state index contributed by atoms with van der Waals surface area (Å²) in [5, 5.41) is 13.5. The lowest BCUT2D eigenvalue weighted by molar-refractivity contribution is -0.122. The summed E-state index contributed by atoms with van der Waals surface area (Å²) in [4.78, 5) is 20.8. The van der Waals surface area contributed by atoms with E-state index in [4.69, 9.17) is 0 Å². The van der Waals surface area contributed by atoms with Crippen LogP contribution in [0.1, 0.15) is 12.0 Å². The Morgan fingerprint density at radius 1 is 1.52 bits per heavy atom.